The van der Waals surface area contributed by atoms with E-state index in [9.17, 15) is 0 Å². The van der Waals surface area contributed by atoms with Crippen LogP contribution in [0.3, 0.4) is 0 Å². The Bertz CT molecular complexity index is 421. The molecule has 18 heavy (non-hydrogen) atoms. The lowest BCUT2D eigenvalue weighted by molar-refractivity contribution is 0.301. The molecular weight excluding hydrogens is 266 g/mol. The molecule has 1 saturated heterocycles. The fraction of sp³-hybridized carbons (Fsp3) is 0.692. The van der Waals surface area contributed by atoms with Crippen molar-refractivity contribution in [3.05, 3.63) is 11.2 Å². The van der Waals surface area contributed by atoms with Crippen molar-refractivity contribution in [1.29, 1.82) is 0 Å². The highest BCUT2D eigenvalue weighted by Gasteiger charge is 2.35. The molecule has 0 saturated carbocycles. The van der Waals surface area contributed by atoms with Crippen LogP contribution in [0.1, 0.15) is 33.1 Å². The Balaban J connectivity index is 2.21. The Morgan fingerprint density at radius 1 is 1.39 bits per heavy atom. The molecule has 100 valence electrons. The van der Waals surface area contributed by atoms with Crippen molar-refractivity contribution in [3.63, 3.8) is 0 Å². The van der Waals surface area contributed by atoms with Gasteiger partial charge in [-0.05, 0) is 30.9 Å². The van der Waals surface area contributed by atoms with Gasteiger partial charge in [0.1, 0.15) is 11.0 Å². The second-order valence-electron chi connectivity index (χ2n) is 4.91. The van der Waals surface area contributed by atoms with Crippen molar-refractivity contribution < 1.29 is 0 Å². The number of halogens is 1. The molecular formula is C13H20ClN3S. The maximum Gasteiger partial charge on any atom is 0.190 e. The Labute approximate surface area is 118 Å². The predicted octanol–water partition coefficient (Wildman–Crippen LogP) is 3.87. The number of hydrogen-bond donors (Lipinski definition) is 0. The van der Waals surface area contributed by atoms with Crippen LogP contribution in [0.5, 0.6) is 0 Å². The summed E-state index contributed by atoms with van der Waals surface area (Å²) in [5.41, 5.74) is 0.455. The van der Waals surface area contributed by atoms with Gasteiger partial charge in [-0.2, -0.15) is 0 Å². The number of rotatable bonds is 4. The molecule has 0 amide bonds. The second kappa shape index (κ2) is 5.66. The zero-order valence-corrected chi connectivity index (χ0v) is 12.8. The van der Waals surface area contributed by atoms with Crippen LogP contribution >= 0.6 is 23.4 Å². The normalized spacial score (nSPS) is 18.3. The van der Waals surface area contributed by atoms with Crippen LogP contribution in [0.2, 0.25) is 5.15 Å². The molecule has 1 aromatic rings. The molecule has 0 bridgehead atoms. The molecule has 2 heterocycles. The van der Waals surface area contributed by atoms with E-state index in [1.54, 1.807) is 0 Å². The van der Waals surface area contributed by atoms with Crippen LogP contribution in [0.25, 0.3) is 0 Å². The number of thioether (sulfide) groups is 1. The standard InChI is InChI=1S/C13H20ClN3S/c1-4-13(5-2)6-7-17(9-13)11-8-10(14)15-12(16-11)18-3/h8H,4-7,9H2,1-3H3. The monoisotopic (exact) mass is 285 g/mol. The minimum Gasteiger partial charge on any atom is -0.356 e. The van der Waals surface area contributed by atoms with Crippen molar-refractivity contribution >= 4 is 29.2 Å². The molecule has 5 heteroatoms. The van der Waals surface area contributed by atoms with Crippen molar-refractivity contribution in [2.24, 2.45) is 5.41 Å². The maximum atomic E-state index is 6.05. The quantitative estimate of drug-likeness (QED) is 0.477. The molecule has 0 unspecified atom stereocenters. The van der Waals surface area contributed by atoms with Crippen molar-refractivity contribution in [3.8, 4) is 0 Å². The Kier molecular flexibility index (Phi) is 4.38. The summed E-state index contributed by atoms with van der Waals surface area (Å²) in [4.78, 5) is 11.1. The molecule has 0 atom stereocenters. The number of nitrogens with zero attached hydrogens (tertiary/aromatic N) is 3. The molecule has 1 aliphatic rings. The SMILES string of the molecule is CCC1(CC)CCN(c2cc(Cl)nc(SC)n2)C1. The van der Waals surface area contributed by atoms with E-state index < -0.39 is 0 Å². The molecule has 1 aliphatic heterocycles. The van der Waals surface area contributed by atoms with E-state index in [0.717, 1.165) is 24.1 Å². The molecule has 0 aromatic carbocycles. The van der Waals surface area contributed by atoms with Gasteiger partial charge in [-0.25, -0.2) is 9.97 Å². The topological polar surface area (TPSA) is 29.0 Å². The first-order valence-corrected chi connectivity index (χ1v) is 8.06. The average Bonchev–Trinajstić information content (AvgIpc) is 2.83. The van der Waals surface area contributed by atoms with Gasteiger partial charge in [0.15, 0.2) is 5.16 Å². The van der Waals surface area contributed by atoms with Gasteiger partial charge in [-0.15, -0.1) is 0 Å². The lowest BCUT2D eigenvalue weighted by atomic mass is 9.82. The summed E-state index contributed by atoms with van der Waals surface area (Å²) in [6, 6.07) is 1.88. The molecule has 0 radical (unpaired) electrons. The summed E-state index contributed by atoms with van der Waals surface area (Å²) in [5.74, 6) is 0.975. The number of aromatic nitrogens is 2. The van der Waals surface area contributed by atoms with Gasteiger partial charge < -0.3 is 4.90 Å². The third kappa shape index (κ3) is 2.75. The average molecular weight is 286 g/mol. The first-order chi connectivity index (χ1) is 8.62. The number of hydrogen-bond acceptors (Lipinski definition) is 4. The highest BCUT2D eigenvalue weighted by Crippen LogP contribution is 2.38. The molecule has 0 spiro atoms. The molecule has 2 rings (SSSR count). The van der Waals surface area contributed by atoms with E-state index in [-0.39, 0.29) is 0 Å². The fourth-order valence-corrected chi connectivity index (χ4v) is 3.20. The minimum atomic E-state index is 0.455. The summed E-state index contributed by atoms with van der Waals surface area (Å²) in [7, 11) is 0. The van der Waals surface area contributed by atoms with E-state index in [0.29, 0.717) is 10.6 Å². The van der Waals surface area contributed by atoms with E-state index in [1.807, 2.05) is 12.3 Å². The lowest BCUT2D eigenvalue weighted by Gasteiger charge is -2.26. The van der Waals surface area contributed by atoms with E-state index in [2.05, 4.69) is 28.7 Å². The summed E-state index contributed by atoms with van der Waals surface area (Å²) >= 11 is 7.59. The Morgan fingerprint density at radius 2 is 2.11 bits per heavy atom. The molecule has 0 aliphatic carbocycles. The van der Waals surface area contributed by atoms with Gasteiger partial charge in [0.25, 0.3) is 0 Å². The van der Waals surface area contributed by atoms with Crippen LogP contribution < -0.4 is 4.90 Å². The summed E-state index contributed by atoms with van der Waals surface area (Å²) in [6.07, 6.45) is 5.68. The van der Waals surface area contributed by atoms with Crippen LogP contribution in [-0.4, -0.2) is 29.3 Å². The lowest BCUT2D eigenvalue weighted by Crippen LogP contribution is -2.26. The van der Waals surface area contributed by atoms with E-state index in [4.69, 9.17) is 11.6 Å². The van der Waals surface area contributed by atoms with Crippen molar-refractivity contribution in [2.45, 2.75) is 38.3 Å². The summed E-state index contributed by atoms with van der Waals surface area (Å²) in [6.45, 7) is 6.73. The van der Waals surface area contributed by atoms with Gasteiger partial charge in [0, 0.05) is 19.2 Å². The van der Waals surface area contributed by atoms with Crippen LogP contribution in [-0.2, 0) is 0 Å². The van der Waals surface area contributed by atoms with E-state index >= 15 is 0 Å². The highest BCUT2D eigenvalue weighted by atomic mass is 35.5. The third-order valence-corrected chi connectivity index (χ3v) is 4.85. The zero-order chi connectivity index (χ0) is 13.2. The van der Waals surface area contributed by atoms with Gasteiger partial charge in [-0.1, -0.05) is 37.2 Å². The fourth-order valence-electron chi connectivity index (χ4n) is 2.60. The maximum absolute atomic E-state index is 6.05. The largest absolute Gasteiger partial charge is 0.356 e. The molecule has 3 nitrogen and oxygen atoms in total. The van der Waals surface area contributed by atoms with Crippen LogP contribution in [0.4, 0.5) is 5.82 Å². The van der Waals surface area contributed by atoms with E-state index in [1.165, 1.54) is 31.0 Å². The Morgan fingerprint density at radius 3 is 2.67 bits per heavy atom. The summed E-state index contributed by atoms with van der Waals surface area (Å²) in [5, 5.41) is 1.29. The Hall–Kier alpha value is -0.480. The third-order valence-electron chi connectivity index (χ3n) is 4.11. The van der Waals surface area contributed by atoms with Gasteiger partial charge in [-0.3, -0.25) is 0 Å². The first-order valence-electron chi connectivity index (χ1n) is 6.46. The highest BCUT2D eigenvalue weighted by molar-refractivity contribution is 7.98. The second-order valence-corrected chi connectivity index (χ2v) is 6.07. The summed E-state index contributed by atoms with van der Waals surface area (Å²) < 4.78 is 0. The zero-order valence-electron chi connectivity index (χ0n) is 11.2. The van der Waals surface area contributed by atoms with Gasteiger partial charge in [0.2, 0.25) is 0 Å². The molecule has 0 N–H and O–H groups in total. The predicted molar refractivity (Wildman–Crippen MR) is 78.7 cm³/mol. The number of anilines is 1. The van der Waals surface area contributed by atoms with Crippen LogP contribution in [0, 0.1) is 5.41 Å². The van der Waals surface area contributed by atoms with Gasteiger partial charge >= 0.3 is 0 Å². The minimum absolute atomic E-state index is 0.455. The molecule has 1 fully saturated rings. The smallest absolute Gasteiger partial charge is 0.190 e. The van der Waals surface area contributed by atoms with Crippen molar-refractivity contribution in [1.82, 2.24) is 9.97 Å². The molecule has 1 aromatic heterocycles. The van der Waals surface area contributed by atoms with Gasteiger partial charge in [0.05, 0.1) is 0 Å². The van der Waals surface area contributed by atoms with Crippen molar-refractivity contribution in [2.75, 3.05) is 24.2 Å². The van der Waals surface area contributed by atoms with Crippen LogP contribution in [0.15, 0.2) is 11.2 Å². The first kappa shape index (κ1) is 13.9.